The van der Waals surface area contributed by atoms with Crippen molar-refractivity contribution in [1.29, 1.82) is 0 Å². The molecule has 3 aliphatic rings. The van der Waals surface area contributed by atoms with Crippen LogP contribution in [0, 0.1) is 0 Å². The average Bonchev–Trinajstić information content (AvgIpc) is 2.93. The first-order valence-corrected chi connectivity index (χ1v) is 8.45. The van der Waals surface area contributed by atoms with E-state index in [2.05, 4.69) is 41.2 Å². The van der Waals surface area contributed by atoms with Crippen molar-refractivity contribution in [2.45, 2.75) is 32.1 Å². The van der Waals surface area contributed by atoms with Gasteiger partial charge in [-0.25, -0.2) is 0 Å². The van der Waals surface area contributed by atoms with Crippen LogP contribution in [-0.4, -0.2) is 88.2 Å². The van der Waals surface area contributed by atoms with E-state index in [1.54, 1.807) is 0 Å². The Kier molecular flexibility index (Phi) is 10.3. The van der Waals surface area contributed by atoms with Crippen LogP contribution in [0.1, 0.15) is 32.1 Å². The minimum atomic E-state index is 1.16. The third kappa shape index (κ3) is 9.70. The number of piperidine rings is 1. The van der Waals surface area contributed by atoms with Gasteiger partial charge in [0.05, 0.1) is 0 Å². The second kappa shape index (κ2) is 11.5. The minimum absolute atomic E-state index is 1.16. The lowest BCUT2D eigenvalue weighted by atomic mass is 10.1. The van der Waals surface area contributed by atoms with E-state index in [-0.39, 0.29) is 0 Å². The molecule has 3 rings (SSSR count). The van der Waals surface area contributed by atoms with Gasteiger partial charge in [-0.15, -0.1) is 0 Å². The van der Waals surface area contributed by atoms with Crippen LogP contribution in [0.4, 0.5) is 0 Å². The minimum Gasteiger partial charge on any atom is -0.314 e. The Morgan fingerprint density at radius 3 is 1.05 bits per heavy atom. The first kappa shape index (κ1) is 17.9. The summed E-state index contributed by atoms with van der Waals surface area (Å²) in [6, 6.07) is 0. The first-order valence-electron chi connectivity index (χ1n) is 8.45. The topological polar surface area (TPSA) is 21.8 Å². The number of nitrogens with zero attached hydrogens (tertiary/aromatic N) is 3. The highest BCUT2D eigenvalue weighted by molar-refractivity contribution is 4.62. The van der Waals surface area contributed by atoms with Crippen LogP contribution >= 0.6 is 0 Å². The molecule has 3 heterocycles. The number of likely N-dealkylation sites (tertiary alicyclic amines) is 2. The van der Waals surface area contributed by atoms with Crippen LogP contribution in [0.15, 0.2) is 0 Å². The van der Waals surface area contributed by atoms with Crippen LogP contribution in [0.5, 0.6) is 0 Å². The zero-order valence-electron chi connectivity index (χ0n) is 14.0. The molecule has 0 aromatic carbocycles. The molecule has 3 aliphatic heterocycles. The van der Waals surface area contributed by atoms with E-state index in [0.29, 0.717) is 0 Å². The lowest BCUT2D eigenvalue weighted by molar-refractivity contribution is 0.277. The Labute approximate surface area is 126 Å². The summed E-state index contributed by atoms with van der Waals surface area (Å²) in [5, 5.41) is 3.27. The van der Waals surface area contributed by atoms with E-state index in [4.69, 9.17) is 0 Å². The number of likely N-dealkylation sites (N-methyl/N-ethyl adjacent to an activating group) is 1. The van der Waals surface area contributed by atoms with Crippen molar-refractivity contribution < 1.29 is 0 Å². The van der Waals surface area contributed by atoms with E-state index in [1.807, 2.05) is 0 Å². The fourth-order valence-electron chi connectivity index (χ4n) is 2.70. The van der Waals surface area contributed by atoms with E-state index in [0.717, 1.165) is 13.1 Å². The largest absolute Gasteiger partial charge is 0.314 e. The van der Waals surface area contributed by atoms with Crippen molar-refractivity contribution in [3.8, 4) is 0 Å². The maximum absolute atomic E-state index is 3.27. The third-order valence-electron chi connectivity index (χ3n) is 4.25. The molecule has 0 spiro atoms. The van der Waals surface area contributed by atoms with Crippen LogP contribution in [-0.2, 0) is 0 Å². The van der Waals surface area contributed by atoms with E-state index in [9.17, 15) is 0 Å². The van der Waals surface area contributed by atoms with Gasteiger partial charge in [0.2, 0.25) is 0 Å². The lowest BCUT2D eigenvalue weighted by Gasteiger charge is -2.21. The normalized spacial score (nSPS) is 25.4. The van der Waals surface area contributed by atoms with E-state index in [1.165, 1.54) is 71.4 Å². The predicted molar refractivity (Wildman–Crippen MR) is 88.4 cm³/mol. The third-order valence-corrected chi connectivity index (χ3v) is 4.25. The molecule has 3 fully saturated rings. The first-order chi connectivity index (χ1) is 9.68. The predicted octanol–water partition coefficient (Wildman–Crippen LogP) is 1.34. The monoisotopic (exact) mass is 284 g/mol. The molecule has 0 amide bonds. The van der Waals surface area contributed by atoms with Gasteiger partial charge in [-0.05, 0) is 73.0 Å². The van der Waals surface area contributed by atoms with Gasteiger partial charge < -0.3 is 20.0 Å². The SMILES string of the molecule is CN1CCCC1.CN1CCCCC1.CN1CCNCC1. The van der Waals surface area contributed by atoms with Gasteiger partial charge in [0.1, 0.15) is 0 Å². The molecule has 20 heavy (non-hydrogen) atoms. The summed E-state index contributed by atoms with van der Waals surface area (Å²) in [6.45, 7) is 10.0. The Balaban J connectivity index is 0.000000151. The average molecular weight is 284 g/mol. The molecule has 1 N–H and O–H groups in total. The zero-order chi connectivity index (χ0) is 14.6. The number of piperazine rings is 1. The second-order valence-corrected chi connectivity index (χ2v) is 6.43. The van der Waals surface area contributed by atoms with Gasteiger partial charge in [0.15, 0.2) is 0 Å². The Morgan fingerprint density at radius 2 is 0.850 bits per heavy atom. The molecule has 4 nitrogen and oxygen atoms in total. The van der Waals surface area contributed by atoms with E-state index < -0.39 is 0 Å². The molecule has 4 heteroatoms. The zero-order valence-corrected chi connectivity index (χ0v) is 14.0. The number of rotatable bonds is 0. The molecule has 0 atom stereocenters. The van der Waals surface area contributed by atoms with Crippen LogP contribution in [0.25, 0.3) is 0 Å². The second-order valence-electron chi connectivity index (χ2n) is 6.43. The molecular weight excluding hydrogens is 248 g/mol. The standard InChI is InChI=1S/C6H13N.C5H12N2.C5H11N/c1-7-5-3-2-4-6-7;1-7-4-2-6-3-5-7;1-6-4-2-3-5-6/h2-6H2,1H3;6H,2-5H2,1H3;2-5H2,1H3. The van der Waals surface area contributed by atoms with Crippen molar-refractivity contribution in [2.75, 3.05) is 73.5 Å². The van der Waals surface area contributed by atoms with E-state index >= 15 is 0 Å². The van der Waals surface area contributed by atoms with Crippen molar-refractivity contribution in [2.24, 2.45) is 0 Å². The quantitative estimate of drug-likeness (QED) is 0.724. The Morgan fingerprint density at radius 1 is 0.500 bits per heavy atom. The number of nitrogens with one attached hydrogen (secondary N) is 1. The van der Waals surface area contributed by atoms with Gasteiger partial charge in [-0.1, -0.05) is 6.42 Å². The van der Waals surface area contributed by atoms with Crippen molar-refractivity contribution in [1.82, 2.24) is 20.0 Å². The van der Waals surface area contributed by atoms with Crippen LogP contribution in [0.2, 0.25) is 0 Å². The molecule has 0 saturated carbocycles. The molecule has 0 radical (unpaired) electrons. The summed E-state index contributed by atoms with van der Waals surface area (Å²) >= 11 is 0. The highest BCUT2D eigenvalue weighted by atomic mass is 15.2. The molecule has 0 unspecified atom stereocenters. The molecule has 0 aliphatic carbocycles. The molecular formula is C16H36N4. The molecule has 120 valence electrons. The molecule has 0 aromatic heterocycles. The number of hydrogen-bond acceptors (Lipinski definition) is 4. The summed E-state index contributed by atoms with van der Waals surface area (Å²) in [5.41, 5.74) is 0. The van der Waals surface area contributed by atoms with Crippen molar-refractivity contribution in [3.63, 3.8) is 0 Å². The molecule has 0 aromatic rings. The summed E-state index contributed by atoms with van der Waals surface area (Å²) in [4.78, 5) is 7.08. The highest BCUT2D eigenvalue weighted by Crippen LogP contribution is 2.04. The maximum atomic E-state index is 3.27. The maximum Gasteiger partial charge on any atom is 0.0104 e. The molecule has 0 bridgehead atoms. The summed E-state index contributed by atoms with van der Waals surface area (Å²) in [6.07, 6.45) is 7.10. The Bertz CT molecular complexity index is 189. The number of hydrogen-bond donors (Lipinski definition) is 1. The fraction of sp³-hybridized carbons (Fsp3) is 1.00. The van der Waals surface area contributed by atoms with Crippen molar-refractivity contribution in [3.05, 3.63) is 0 Å². The van der Waals surface area contributed by atoms with Gasteiger partial charge >= 0.3 is 0 Å². The fourth-order valence-corrected chi connectivity index (χ4v) is 2.70. The summed E-state index contributed by atoms with van der Waals surface area (Å²) in [7, 11) is 6.52. The summed E-state index contributed by atoms with van der Waals surface area (Å²) in [5.74, 6) is 0. The van der Waals surface area contributed by atoms with Crippen LogP contribution in [0.3, 0.4) is 0 Å². The van der Waals surface area contributed by atoms with Crippen molar-refractivity contribution >= 4 is 0 Å². The smallest absolute Gasteiger partial charge is 0.0104 e. The highest BCUT2D eigenvalue weighted by Gasteiger charge is 2.03. The van der Waals surface area contributed by atoms with Gasteiger partial charge in [-0.3, -0.25) is 0 Å². The van der Waals surface area contributed by atoms with Crippen LogP contribution < -0.4 is 5.32 Å². The molecule has 3 saturated heterocycles. The summed E-state index contributed by atoms with van der Waals surface area (Å²) < 4.78 is 0. The lowest BCUT2D eigenvalue weighted by Crippen LogP contribution is -2.40. The van der Waals surface area contributed by atoms with Gasteiger partial charge in [-0.2, -0.15) is 0 Å². The van der Waals surface area contributed by atoms with Gasteiger partial charge in [0.25, 0.3) is 0 Å². The Hall–Kier alpha value is -0.160. The van der Waals surface area contributed by atoms with Gasteiger partial charge in [0, 0.05) is 26.2 Å².